The van der Waals surface area contributed by atoms with Gasteiger partial charge in [0, 0.05) is 28.2 Å². The molecule has 3 aromatic carbocycles. The standard InChI is InChI=1S/C21H24ClN3O2.C6H3Cl2.CH3.V/c1-4-24(5-2)13-15-11-17(7-9-21(15)26)25(27)20-10-14(3)23-19-12-16(22)6-8-18(19)20;7-5-1-2-6(8)4-3-5;;/h6-12,26-27H,4-5,13H2,1-3H3;1-3H;1H3;/q;2*-1;+2. The third-order valence-electron chi connectivity index (χ3n) is 5.44. The molecule has 4 rings (SSSR count). The Balaban J connectivity index is 0.000000588. The average molecular weight is 598 g/mol. The van der Waals surface area contributed by atoms with E-state index in [0.29, 0.717) is 33.0 Å². The Morgan fingerprint density at radius 2 is 1.59 bits per heavy atom. The predicted octanol–water partition coefficient (Wildman–Crippen LogP) is 8.51. The monoisotopic (exact) mass is 596 g/mol. The first kappa shape index (κ1) is 33.1. The molecule has 1 aromatic heterocycles. The van der Waals surface area contributed by atoms with E-state index < -0.39 is 0 Å². The second-order valence-electron chi connectivity index (χ2n) is 7.89. The predicted molar refractivity (Wildman–Crippen MR) is 152 cm³/mol. The van der Waals surface area contributed by atoms with Crippen LogP contribution in [0.2, 0.25) is 15.1 Å². The second kappa shape index (κ2) is 15.5. The number of benzene rings is 3. The molecule has 0 saturated carbocycles. The topological polar surface area (TPSA) is 59.8 Å². The molecule has 9 heteroatoms. The van der Waals surface area contributed by atoms with Gasteiger partial charge in [-0.05, 0) is 62.5 Å². The van der Waals surface area contributed by atoms with Crippen LogP contribution < -0.4 is 5.06 Å². The Morgan fingerprint density at radius 1 is 0.919 bits per heavy atom. The van der Waals surface area contributed by atoms with Gasteiger partial charge in [0.2, 0.25) is 0 Å². The minimum Gasteiger partial charge on any atom is -0.508 e. The average Bonchev–Trinajstić information content (AvgIpc) is 2.84. The van der Waals surface area contributed by atoms with Crippen molar-refractivity contribution in [1.29, 1.82) is 0 Å². The van der Waals surface area contributed by atoms with Crippen LogP contribution in [0.15, 0.2) is 60.7 Å². The largest absolute Gasteiger partial charge is 2.00 e. The molecule has 2 N–H and O–H groups in total. The number of anilines is 2. The number of pyridine rings is 1. The van der Waals surface area contributed by atoms with E-state index >= 15 is 0 Å². The summed E-state index contributed by atoms with van der Waals surface area (Å²) in [6.45, 7) is 8.43. The van der Waals surface area contributed by atoms with Crippen LogP contribution >= 0.6 is 34.8 Å². The van der Waals surface area contributed by atoms with Gasteiger partial charge in [-0.25, -0.2) is 5.06 Å². The van der Waals surface area contributed by atoms with Crippen LogP contribution in [0, 0.1) is 20.4 Å². The van der Waals surface area contributed by atoms with E-state index in [4.69, 9.17) is 34.8 Å². The van der Waals surface area contributed by atoms with Crippen LogP contribution in [-0.2, 0) is 25.1 Å². The minimum atomic E-state index is 0. The number of phenols is 1. The third-order valence-corrected chi connectivity index (χ3v) is 6.14. The molecular formula is C28H30Cl3N3O2V. The second-order valence-corrected chi connectivity index (χ2v) is 9.17. The van der Waals surface area contributed by atoms with Crippen LogP contribution in [0.1, 0.15) is 25.1 Å². The van der Waals surface area contributed by atoms with E-state index in [1.165, 1.54) is 0 Å². The molecule has 0 aliphatic heterocycles. The molecule has 0 atom stereocenters. The molecule has 0 aliphatic carbocycles. The van der Waals surface area contributed by atoms with Gasteiger partial charge < -0.3 is 12.5 Å². The fraction of sp³-hybridized carbons (Fsp3) is 0.214. The van der Waals surface area contributed by atoms with E-state index in [0.717, 1.165) is 40.3 Å². The van der Waals surface area contributed by atoms with Crippen LogP contribution in [0.5, 0.6) is 5.75 Å². The Labute approximate surface area is 246 Å². The summed E-state index contributed by atoms with van der Waals surface area (Å²) in [6, 6.07) is 20.1. The van der Waals surface area contributed by atoms with E-state index in [-0.39, 0.29) is 31.7 Å². The molecule has 5 nitrogen and oxygen atoms in total. The molecule has 37 heavy (non-hydrogen) atoms. The van der Waals surface area contributed by atoms with Gasteiger partial charge in [-0.2, -0.15) is 35.9 Å². The number of rotatable bonds is 6. The van der Waals surface area contributed by atoms with Crippen molar-refractivity contribution in [3.8, 4) is 5.75 Å². The van der Waals surface area contributed by atoms with Crippen molar-refractivity contribution in [1.82, 2.24) is 9.88 Å². The molecule has 0 saturated heterocycles. The Morgan fingerprint density at radius 3 is 2.19 bits per heavy atom. The summed E-state index contributed by atoms with van der Waals surface area (Å²) >= 11 is 17.1. The normalized spacial score (nSPS) is 10.3. The first-order chi connectivity index (χ1) is 16.7. The fourth-order valence-corrected chi connectivity index (χ4v) is 3.93. The summed E-state index contributed by atoms with van der Waals surface area (Å²) < 4.78 is 0. The molecule has 1 radical (unpaired) electrons. The van der Waals surface area contributed by atoms with E-state index in [9.17, 15) is 10.3 Å². The van der Waals surface area contributed by atoms with Crippen LogP contribution in [0.3, 0.4) is 0 Å². The zero-order valence-electron chi connectivity index (χ0n) is 21.2. The summed E-state index contributed by atoms with van der Waals surface area (Å²) in [6.07, 6.45) is 0. The van der Waals surface area contributed by atoms with Crippen LogP contribution in [0.25, 0.3) is 10.9 Å². The van der Waals surface area contributed by atoms with Gasteiger partial charge in [0.05, 0.1) is 16.9 Å². The third kappa shape index (κ3) is 9.08. The zero-order chi connectivity index (χ0) is 25.5. The molecule has 0 bridgehead atoms. The van der Waals surface area contributed by atoms with E-state index in [2.05, 4.69) is 29.8 Å². The number of halogens is 3. The first-order valence-corrected chi connectivity index (χ1v) is 12.3. The molecule has 0 spiro atoms. The number of aromatic hydroxyl groups is 1. The summed E-state index contributed by atoms with van der Waals surface area (Å²) in [5.74, 6) is 0.224. The van der Waals surface area contributed by atoms with Crippen molar-refractivity contribution >= 4 is 57.1 Å². The van der Waals surface area contributed by atoms with Gasteiger partial charge in [0.15, 0.2) is 0 Å². The Kier molecular flexibility index (Phi) is 13.8. The van der Waals surface area contributed by atoms with Gasteiger partial charge >= 0.3 is 18.6 Å². The van der Waals surface area contributed by atoms with Crippen molar-refractivity contribution in [2.75, 3.05) is 18.2 Å². The molecule has 1 heterocycles. The van der Waals surface area contributed by atoms with Crippen molar-refractivity contribution in [3.63, 3.8) is 0 Å². The SMILES string of the molecule is CCN(CC)Cc1cc(N(O)c2cc(C)nc3cc(Cl)ccc23)ccc1O.Clc1[c-]cc(Cl)cc1.[CH3-].[V+2]. The minimum absolute atomic E-state index is 0. The van der Waals surface area contributed by atoms with Crippen LogP contribution in [-0.4, -0.2) is 33.3 Å². The van der Waals surface area contributed by atoms with Gasteiger partial charge in [0.25, 0.3) is 0 Å². The fourth-order valence-electron chi connectivity index (χ4n) is 3.53. The number of aromatic nitrogens is 1. The van der Waals surface area contributed by atoms with Gasteiger partial charge in [-0.15, -0.1) is 11.6 Å². The zero-order valence-corrected chi connectivity index (χ0v) is 24.9. The molecular weight excluding hydrogens is 568 g/mol. The molecule has 195 valence electrons. The number of fused-ring (bicyclic) bond motifs is 1. The van der Waals surface area contributed by atoms with E-state index in [1.807, 2.05) is 25.1 Å². The maximum Gasteiger partial charge on any atom is 2.00 e. The molecule has 0 fully saturated rings. The molecule has 0 amide bonds. The Bertz CT molecular complexity index is 1260. The maximum atomic E-state index is 10.9. The number of hydrogen-bond donors (Lipinski definition) is 2. The Hall–Kier alpha value is -1.96. The maximum absolute atomic E-state index is 10.9. The van der Waals surface area contributed by atoms with Crippen molar-refractivity contribution in [2.45, 2.75) is 27.3 Å². The first-order valence-electron chi connectivity index (χ1n) is 11.1. The van der Waals surface area contributed by atoms with Crippen molar-refractivity contribution in [2.24, 2.45) is 0 Å². The number of hydrogen-bond acceptors (Lipinski definition) is 5. The number of nitrogens with zero attached hydrogens (tertiary/aromatic N) is 3. The van der Waals surface area contributed by atoms with Gasteiger partial charge in [-0.1, -0.05) is 35.5 Å². The molecule has 4 aromatic rings. The molecule has 0 aliphatic rings. The van der Waals surface area contributed by atoms with Gasteiger partial charge in [-0.3, -0.25) is 15.1 Å². The summed E-state index contributed by atoms with van der Waals surface area (Å²) in [4.78, 5) is 6.70. The number of aryl methyl sites for hydroxylation is 1. The van der Waals surface area contributed by atoms with Crippen LogP contribution in [0.4, 0.5) is 11.4 Å². The number of phenolic OH excluding ortho intramolecular Hbond substituents is 1. The summed E-state index contributed by atoms with van der Waals surface area (Å²) in [7, 11) is 0. The van der Waals surface area contributed by atoms with Gasteiger partial charge in [0.1, 0.15) is 5.75 Å². The summed E-state index contributed by atoms with van der Waals surface area (Å²) in [5.41, 5.74) is 3.47. The van der Waals surface area contributed by atoms with Crippen molar-refractivity contribution < 1.29 is 28.9 Å². The quantitative estimate of drug-likeness (QED) is 0.172. The summed E-state index contributed by atoms with van der Waals surface area (Å²) in [5, 5.41) is 24.9. The smallest absolute Gasteiger partial charge is 0.508 e. The molecule has 0 unspecified atom stereocenters. The van der Waals surface area contributed by atoms with E-state index in [1.54, 1.807) is 42.5 Å². The van der Waals surface area contributed by atoms with Crippen molar-refractivity contribution in [3.05, 3.63) is 100 Å².